The minimum Gasteiger partial charge on any atom is -0.445 e. The number of oxazole rings is 1. The Labute approximate surface area is 248 Å². The van der Waals surface area contributed by atoms with Gasteiger partial charge in [-0.1, -0.05) is 47.6 Å². The summed E-state index contributed by atoms with van der Waals surface area (Å²) in [5, 5.41) is 4.60. The molecule has 6 aromatic rings. The van der Waals surface area contributed by atoms with E-state index in [-0.39, 0.29) is 23.2 Å². The first-order valence-electron chi connectivity index (χ1n) is 13.4. The molecule has 1 N–H and O–H groups in total. The largest absolute Gasteiger partial charge is 0.445 e. The second-order valence-corrected chi connectivity index (χ2v) is 11.7. The summed E-state index contributed by atoms with van der Waals surface area (Å²) in [5.41, 5.74) is 4.88. The van der Waals surface area contributed by atoms with Crippen molar-refractivity contribution in [2.75, 3.05) is 11.8 Å². The normalized spacial score (nSPS) is 11.5. The predicted molar refractivity (Wildman–Crippen MR) is 162 cm³/mol. The molecule has 0 saturated carbocycles. The van der Waals surface area contributed by atoms with Crippen LogP contribution in [0.1, 0.15) is 27.2 Å². The van der Waals surface area contributed by atoms with Gasteiger partial charge in [0.15, 0.2) is 0 Å². The highest BCUT2D eigenvalue weighted by atomic mass is 32.2. The average Bonchev–Trinajstić information content (AvgIpc) is 3.67. The number of fused-ring (bicyclic) bond motifs is 1. The van der Waals surface area contributed by atoms with Gasteiger partial charge in [0.05, 0.1) is 27.9 Å². The number of hydrogen-bond donors (Lipinski definition) is 1. The Morgan fingerprint density at radius 2 is 1.72 bits per heavy atom. The van der Waals surface area contributed by atoms with E-state index in [2.05, 4.69) is 19.8 Å². The topological polar surface area (TPSA) is 131 Å². The fourth-order valence-electron chi connectivity index (χ4n) is 4.91. The molecule has 0 aliphatic rings. The number of carbonyl (C=O) groups is 1. The number of aromatic nitrogens is 3. The van der Waals surface area contributed by atoms with Crippen molar-refractivity contribution in [3.8, 4) is 22.6 Å². The molecule has 0 unspecified atom stereocenters. The van der Waals surface area contributed by atoms with Crippen molar-refractivity contribution >= 4 is 32.7 Å². The second-order valence-electron chi connectivity index (χ2n) is 10.1. The highest BCUT2D eigenvalue weighted by Crippen LogP contribution is 2.35. The lowest BCUT2D eigenvalue weighted by molar-refractivity contribution is 0.0787. The molecule has 3 heterocycles. The number of pyridine rings is 1. The van der Waals surface area contributed by atoms with E-state index < -0.39 is 10.0 Å². The monoisotopic (exact) mass is 593 g/mol. The molecule has 11 heteroatoms. The van der Waals surface area contributed by atoms with E-state index in [1.165, 1.54) is 12.3 Å². The van der Waals surface area contributed by atoms with Crippen LogP contribution in [0.5, 0.6) is 0 Å². The summed E-state index contributed by atoms with van der Waals surface area (Å²) in [4.78, 5) is 24.0. The second kappa shape index (κ2) is 11.2. The highest BCUT2D eigenvalue weighted by Gasteiger charge is 2.25. The molecule has 216 valence electrons. The van der Waals surface area contributed by atoms with Gasteiger partial charge in [-0.2, -0.15) is 0 Å². The number of para-hydroxylation sites is 1. The van der Waals surface area contributed by atoms with Crippen molar-refractivity contribution in [1.29, 1.82) is 0 Å². The standard InChI is InChI=1S/C32H27N5O5S/c1-20-21(2)35-42-30(20)36-43(39,40)29-11-7-5-9-26(29)24-13-12-22(31-34-16-17-41-31)18-23(24)19-37(3)32(38)27-14-15-33-28-10-6-4-8-25(27)28/h4-18,36H,19H2,1-3H3. The van der Waals surface area contributed by atoms with Crippen molar-refractivity contribution in [1.82, 2.24) is 20.0 Å². The van der Waals surface area contributed by atoms with Crippen LogP contribution in [0, 0.1) is 13.8 Å². The van der Waals surface area contributed by atoms with E-state index in [1.807, 2.05) is 42.5 Å². The number of carbonyl (C=O) groups excluding carboxylic acids is 1. The predicted octanol–water partition coefficient (Wildman–Crippen LogP) is 6.23. The minimum absolute atomic E-state index is 0.0442. The quantitative estimate of drug-likeness (QED) is 0.220. The summed E-state index contributed by atoms with van der Waals surface area (Å²) in [6.45, 7) is 3.63. The number of nitrogens with zero attached hydrogens (tertiary/aromatic N) is 4. The average molecular weight is 594 g/mol. The number of anilines is 1. The number of hydrogen-bond acceptors (Lipinski definition) is 8. The van der Waals surface area contributed by atoms with Gasteiger partial charge < -0.3 is 13.8 Å². The van der Waals surface area contributed by atoms with Gasteiger partial charge in [0, 0.05) is 41.9 Å². The number of aryl methyl sites for hydroxylation is 1. The maximum Gasteiger partial charge on any atom is 0.264 e. The van der Waals surface area contributed by atoms with Gasteiger partial charge in [-0.15, -0.1) is 0 Å². The lowest BCUT2D eigenvalue weighted by Gasteiger charge is -2.22. The summed E-state index contributed by atoms with van der Waals surface area (Å²) in [6, 6.07) is 21.3. The Hall–Kier alpha value is -5.29. The molecule has 0 atom stereocenters. The van der Waals surface area contributed by atoms with E-state index in [1.54, 1.807) is 62.5 Å². The van der Waals surface area contributed by atoms with E-state index in [4.69, 9.17) is 8.94 Å². The molecule has 10 nitrogen and oxygen atoms in total. The first-order chi connectivity index (χ1) is 20.7. The molecule has 3 aromatic carbocycles. The third-order valence-electron chi connectivity index (χ3n) is 7.27. The van der Waals surface area contributed by atoms with E-state index in [0.717, 1.165) is 10.9 Å². The van der Waals surface area contributed by atoms with Gasteiger partial charge in [-0.05, 0) is 55.3 Å². The van der Waals surface area contributed by atoms with Crippen molar-refractivity contribution in [3.05, 3.63) is 114 Å². The van der Waals surface area contributed by atoms with Crippen LogP contribution >= 0.6 is 0 Å². The molecule has 0 aliphatic heterocycles. The molecule has 0 saturated heterocycles. The Balaban J connectivity index is 1.42. The summed E-state index contributed by atoms with van der Waals surface area (Å²) < 4.78 is 40.6. The molecule has 3 aromatic heterocycles. The molecule has 1 amide bonds. The van der Waals surface area contributed by atoms with Gasteiger partial charge in [0.2, 0.25) is 11.8 Å². The number of benzene rings is 3. The molecule has 0 spiro atoms. The van der Waals surface area contributed by atoms with Crippen LogP contribution < -0.4 is 4.72 Å². The molecule has 0 aliphatic carbocycles. The lowest BCUT2D eigenvalue weighted by atomic mass is 9.96. The first kappa shape index (κ1) is 27.9. The van der Waals surface area contributed by atoms with Crippen LogP contribution in [-0.4, -0.2) is 41.4 Å². The number of amides is 1. The first-order valence-corrected chi connectivity index (χ1v) is 14.9. The summed E-state index contributed by atoms with van der Waals surface area (Å²) in [5.74, 6) is 0.257. The third-order valence-corrected chi connectivity index (χ3v) is 8.66. The highest BCUT2D eigenvalue weighted by molar-refractivity contribution is 7.92. The van der Waals surface area contributed by atoms with Crippen molar-refractivity contribution < 1.29 is 22.2 Å². The fraction of sp³-hybridized carbons (Fsp3) is 0.125. The van der Waals surface area contributed by atoms with Gasteiger partial charge in [-0.25, -0.2) is 18.1 Å². The van der Waals surface area contributed by atoms with E-state index in [0.29, 0.717) is 45.0 Å². The molecule has 0 fully saturated rings. The van der Waals surface area contributed by atoms with Crippen LogP contribution in [0.15, 0.2) is 105 Å². The molecule has 0 bridgehead atoms. The maximum absolute atomic E-state index is 13.7. The van der Waals surface area contributed by atoms with Crippen LogP contribution in [0.25, 0.3) is 33.5 Å². The van der Waals surface area contributed by atoms with Gasteiger partial charge in [-0.3, -0.25) is 9.78 Å². The minimum atomic E-state index is -4.09. The number of sulfonamides is 1. The van der Waals surface area contributed by atoms with Gasteiger partial charge in [0.1, 0.15) is 6.26 Å². The van der Waals surface area contributed by atoms with Crippen molar-refractivity contribution in [3.63, 3.8) is 0 Å². The Bertz CT molecular complexity index is 2060. The Morgan fingerprint density at radius 1 is 0.930 bits per heavy atom. The van der Waals surface area contributed by atoms with Gasteiger partial charge in [0.25, 0.3) is 15.9 Å². The summed E-state index contributed by atoms with van der Waals surface area (Å²) >= 11 is 0. The fourth-order valence-corrected chi connectivity index (χ4v) is 6.18. The lowest BCUT2D eigenvalue weighted by Crippen LogP contribution is -2.27. The van der Waals surface area contributed by atoms with E-state index >= 15 is 0 Å². The van der Waals surface area contributed by atoms with Crippen LogP contribution in [0.3, 0.4) is 0 Å². The molecule has 6 rings (SSSR count). The summed E-state index contributed by atoms with van der Waals surface area (Å²) in [6.07, 6.45) is 4.64. The molecular formula is C32H27N5O5S. The van der Waals surface area contributed by atoms with Crippen molar-refractivity contribution in [2.45, 2.75) is 25.3 Å². The zero-order valence-electron chi connectivity index (χ0n) is 23.6. The number of nitrogens with one attached hydrogen (secondary N) is 1. The maximum atomic E-state index is 13.7. The van der Waals surface area contributed by atoms with Crippen LogP contribution in [0.4, 0.5) is 5.88 Å². The van der Waals surface area contributed by atoms with Crippen LogP contribution in [0.2, 0.25) is 0 Å². The SMILES string of the molecule is Cc1noc(NS(=O)(=O)c2ccccc2-c2ccc(-c3ncco3)cc2CN(C)C(=O)c2ccnc3ccccc23)c1C. The zero-order valence-corrected chi connectivity index (χ0v) is 24.4. The smallest absolute Gasteiger partial charge is 0.264 e. The zero-order chi connectivity index (χ0) is 30.1. The molecular weight excluding hydrogens is 566 g/mol. The Kier molecular flexibility index (Phi) is 7.24. The van der Waals surface area contributed by atoms with Crippen LogP contribution in [-0.2, 0) is 16.6 Å². The van der Waals surface area contributed by atoms with Crippen molar-refractivity contribution in [2.24, 2.45) is 0 Å². The van der Waals surface area contributed by atoms with E-state index in [9.17, 15) is 13.2 Å². The molecule has 0 radical (unpaired) electrons. The van der Waals surface area contributed by atoms with Gasteiger partial charge >= 0.3 is 0 Å². The molecule has 43 heavy (non-hydrogen) atoms. The number of rotatable bonds is 8. The Morgan fingerprint density at radius 3 is 2.49 bits per heavy atom. The third kappa shape index (κ3) is 5.38. The summed E-state index contributed by atoms with van der Waals surface area (Å²) in [7, 11) is -2.38.